The minimum atomic E-state index is -0.520. The number of hydrogen-bond donors (Lipinski definition) is 1. The van der Waals surface area contributed by atoms with Crippen LogP contribution in [0, 0.1) is 30.9 Å². The van der Waals surface area contributed by atoms with Crippen molar-refractivity contribution >= 4 is 39.7 Å². The summed E-state index contributed by atoms with van der Waals surface area (Å²) in [5, 5.41) is 22.9. The van der Waals surface area contributed by atoms with Gasteiger partial charge in [0.05, 0.1) is 4.92 Å². The molecule has 32 heavy (non-hydrogen) atoms. The summed E-state index contributed by atoms with van der Waals surface area (Å²) in [6, 6.07) is 10.4. The molecule has 0 aliphatic carbocycles. The lowest BCUT2D eigenvalue weighted by Gasteiger charge is -2.17. The van der Waals surface area contributed by atoms with E-state index in [1.807, 2.05) is 26.0 Å². The Morgan fingerprint density at radius 3 is 2.59 bits per heavy atom. The molecule has 2 amide bonds. The molecule has 2 aromatic carbocycles. The van der Waals surface area contributed by atoms with Crippen molar-refractivity contribution in [3.05, 3.63) is 73.8 Å². The lowest BCUT2D eigenvalue weighted by molar-refractivity contribution is -0.385. The molecule has 1 aliphatic rings. The lowest BCUT2D eigenvalue weighted by Crippen LogP contribution is -2.24. The van der Waals surface area contributed by atoms with Gasteiger partial charge in [-0.3, -0.25) is 25.0 Å². The van der Waals surface area contributed by atoms with Gasteiger partial charge in [0.1, 0.15) is 5.01 Å². The first-order valence-electron chi connectivity index (χ1n) is 10.0. The molecule has 1 fully saturated rings. The first-order valence-corrected chi connectivity index (χ1v) is 10.8. The maximum Gasteiger partial charge on any atom is 0.273 e. The van der Waals surface area contributed by atoms with E-state index < -0.39 is 10.8 Å². The highest BCUT2D eigenvalue weighted by molar-refractivity contribution is 7.15. The normalized spacial score (nSPS) is 15.8. The third-order valence-corrected chi connectivity index (χ3v) is 6.40. The van der Waals surface area contributed by atoms with E-state index in [2.05, 4.69) is 21.6 Å². The van der Waals surface area contributed by atoms with Gasteiger partial charge in [0, 0.05) is 41.8 Å². The lowest BCUT2D eigenvalue weighted by atomic mass is 10.1. The summed E-state index contributed by atoms with van der Waals surface area (Å²) in [6.45, 7) is 6.02. The van der Waals surface area contributed by atoms with Gasteiger partial charge < -0.3 is 4.90 Å². The number of aryl methyl sites for hydroxylation is 2. The largest absolute Gasteiger partial charge is 0.312 e. The SMILES string of the molecule is Cc1cc(C)cc(N2CC(c3nnc(NC(=O)c4cccc([N+](=O)[O-])c4C)s3)CC2=O)c1. The molecule has 1 N–H and O–H groups in total. The number of nitrogens with one attached hydrogen (secondary N) is 1. The third-order valence-electron chi connectivity index (χ3n) is 5.40. The van der Waals surface area contributed by atoms with E-state index in [0.29, 0.717) is 18.0 Å². The van der Waals surface area contributed by atoms with Crippen LogP contribution < -0.4 is 10.2 Å². The number of rotatable bonds is 5. The zero-order chi connectivity index (χ0) is 23.0. The molecule has 0 spiro atoms. The number of hydrogen-bond acceptors (Lipinski definition) is 7. The van der Waals surface area contributed by atoms with Crippen LogP contribution in [0.5, 0.6) is 0 Å². The average Bonchev–Trinajstić information content (AvgIpc) is 3.33. The minimum absolute atomic E-state index is 0.0213. The van der Waals surface area contributed by atoms with E-state index >= 15 is 0 Å². The summed E-state index contributed by atoms with van der Waals surface area (Å²) in [6.07, 6.45) is 0.319. The number of carbonyl (C=O) groups is 2. The van der Waals surface area contributed by atoms with E-state index in [1.165, 1.54) is 36.5 Å². The standard InChI is InChI=1S/C22H21N5O4S/c1-12-7-13(2)9-16(8-12)26-11-15(10-19(26)28)21-24-25-22(32-21)23-20(29)17-5-4-6-18(14(17)3)27(30)31/h4-9,15H,10-11H2,1-3H3,(H,23,25,29). The number of nitro benzene ring substituents is 1. The van der Waals surface area contributed by atoms with Gasteiger partial charge in [-0.15, -0.1) is 10.2 Å². The summed E-state index contributed by atoms with van der Waals surface area (Å²) >= 11 is 1.21. The molecule has 164 valence electrons. The Hall–Kier alpha value is -3.66. The molecule has 1 saturated heterocycles. The maximum absolute atomic E-state index is 12.6. The van der Waals surface area contributed by atoms with E-state index in [9.17, 15) is 19.7 Å². The topological polar surface area (TPSA) is 118 Å². The van der Waals surface area contributed by atoms with Crippen LogP contribution in [-0.4, -0.2) is 33.5 Å². The zero-order valence-corrected chi connectivity index (χ0v) is 18.6. The van der Waals surface area contributed by atoms with Crippen LogP contribution in [0.15, 0.2) is 36.4 Å². The molecule has 1 atom stereocenters. The summed E-state index contributed by atoms with van der Waals surface area (Å²) in [7, 11) is 0. The van der Waals surface area contributed by atoms with Gasteiger partial charge >= 0.3 is 0 Å². The minimum Gasteiger partial charge on any atom is -0.312 e. The average molecular weight is 452 g/mol. The molecule has 1 aliphatic heterocycles. The fourth-order valence-corrected chi connectivity index (χ4v) is 4.74. The fourth-order valence-electron chi connectivity index (χ4n) is 3.91. The van der Waals surface area contributed by atoms with Crippen molar-refractivity contribution in [3.63, 3.8) is 0 Å². The summed E-state index contributed by atoms with van der Waals surface area (Å²) < 4.78 is 0. The number of benzene rings is 2. The van der Waals surface area contributed by atoms with Crippen LogP contribution >= 0.6 is 11.3 Å². The Morgan fingerprint density at radius 1 is 1.19 bits per heavy atom. The Labute approximate surface area is 188 Å². The van der Waals surface area contributed by atoms with Crippen LogP contribution in [0.25, 0.3) is 0 Å². The summed E-state index contributed by atoms with van der Waals surface area (Å²) in [4.78, 5) is 37.6. The van der Waals surface area contributed by atoms with Gasteiger partial charge in [-0.2, -0.15) is 0 Å². The molecule has 0 radical (unpaired) electrons. The predicted octanol–water partition coefficient (Wildman–Crippen LogP) is 4.14. The van der Waals surface area contributed by atoms with Crippen LogP contribution in [0.1, 0.15) is 44.4 Å². The van der Waals surface area contributed by atoms with Crippen molar-refractivity contribution in [2.45, 2.75) is 33.1 Å². The molecular weight excluding hydrogens is 430 g/mol. The molecule has 10 heteroatoms. The highest BCUT2D eigenvalue weighted by Gasteiger charge is 2.34. The van der Waals surface area contributed by atoms with Crippen molar-refractivity contribution in [2.75, 3.05) is 16.8 Å². The maximum atomic E-state index is 12.6. The number of anilines is 2. The smallest absolute Gasteiger partial charge is 0.273 e. The van der Waals surface area contributed by atoms with Gasteiger partial charge in [-0.25, -0.2) is 0 Å². The van der Waals surface area contributed by atoms with E-state index in [0.717, 1.165) is 16.8 Å². The van der Waals surface area contributed by atoms with Gasteiger partial charge in [-0.1, -0.05) is 23.5 Å². The second-order valence-electron chi connectivity index (χ2n) is 7.86. The van der Waals surface area contributed by atoms with Crippen LogP contribution in [0.3, 0.4) is 0 Å². The molecule has 4 rings (SSSR count). The highest BCUT2D eigenvalue weighted by Crippen LogP contribution is 2.35. The second kappa shape index (κ2) is 8.46. The van der Waals surface area contributed by atoms with Gasteiger partial charge in [-0.05, 0) is 50.1 Å². The number of nitro groups is 1. The van der Waals surface area contributed by atoms with Crippen LogP contribution in [0.4, 0.5) is 16.5 Å². The highest BCUT2D eigenvalue weighted by atomic mass is 32.1. The molecule has 0 bridgehead atoms. The summed E-state index contributed by atoms with van der Waals surface area (Å²) in [5.41, 5.74) is 3.42. The first-order chi connectivity index (χ1) is 15.2. The van der Waals surface area contributed by atoms with E-state index in [-0.39, 0.29) is 33.8 Å². The molecule has 0 saturated carbocycles. The number of aromatic nitrogens is 2. The second-order valence-corrected chi connectivity index (χ2v) is 8.87. The van der Waals surface area contributed by atoms with Gasteiger partial charge in [0.2, 0.25) is 11.0 Å². The first kappa shape index (κ1) is 21.6. The van der Waals surface area contributed by atoms with Crippen LogP contribution in [-0.2, 0) is 4.79 Å². The Balaban J connectivity index is 1.49. The van der Waals surface area contributed by atoms with Crippen molar-refractivity contribution in [1.29, 1.82) is 0 Å². The number of nitrogens with zero attached hydrogens (tertiary/aromatic N) is 4. The van der Waals surface area contributed by atoms with Gasteiger partial charge in [0.25, 0.3) is 11.6 Å². The van der Waals surface area contributed by atoms with E-state index in [4.69, 9.17) is 0 Å². The summed E-state index contributed by atoms with van der Waals surface area (Å²) in [5.74, 6) is -0.590. The number of carbonyl (C=O) groups excluding carboxylic acids is 2. The zero-order valence-electron chi connectivity index (χ0n) is 17.8. The van der Waals surface area contributed by atoms with Crippen LogP contribution in [0.2, 0.25) is 0 Å². The predicted molar refractivity (Wildman–Crippen MR) is 121 cm³/mol. The molecule has 1 aromatic heterocycles. The fraction of sp³-hybridized carbons (Fsp3) is 0.273. The molecular formula is C22H21N5O4S. The molecule has 2 heterocycles. The Bertz CT molecular complexity index is 1220. The van der Waals surface area contributed by atoms with Crippen molar-refractivity contribution in [1.82, 2.24) is 10.2 Å². The van der Waals surface area contributed by atoms with E-state index in [1.54, 1.807) is 4.90 Å². The third kappa shape index (κ3) is 4.22. The van der Waals surface area contributed by atoms with Crippen molar-refractivity contribution in [2.24, 2.45) is 0 Å². The van der Waals surface area contributed by atoms with Crippen molar-refractivity contribution in [3.8, 4) is 0 Å². The quantitative estimate of drug-likeness (QED) is 0.460. The Kier molecular flexibility index (Phi) is 5.70. The molecule has 1 unspecified atom stereocenters. The molecule has 9 nitrogen and oxygen atoms in total. The monoisotopic (exact) mass is 451 g/mol. The Morgan fingerprint density at radius 2 is 1.91 bits per heavy atom. The van der Waals surface area contributed by atoms with Crippen molar-refractivity contribution < 1.29 is 14.5 Å². The van der Waals surface area contributed by atoms with Gasteiger partial charge in [0.15, 0.2) is 0 Å². The molecule has 3 aromatic rings. The number of amides is 2.